The van der Waals surface area contributed by atoms with Gasteiger partial charge in [0, 0.05) is 12.2 Å². The average molecular weight is 529 g/mol. The Hall–Kier alpha value is -4.30. The standard InChI is InChI=1S/C30H28N2O5S/c1-22-20-27(38(34,35)32-19-7-9-23-8-5-6-12-28(23)32)17-18-29(22)36-21-30(33)31-24-13-15-26(16-14-24)37-25-10-3-2-4-11-25/h2-6,8,10-18,20H,7,9,19,21H2,1H3,(H,31,33). The predicted octanol–water partition coefficient (Wildman–Crippen LogP) is 5.95. The highest BCUT2D eigenvalue weighted by atomic mass is 32.2. The zero-order valence-corrected chi connectivity index (χ0v) is 21.8. The first-order valence-electron chi connectivity index (χ1n) is 12.4. The van der Waals surface area contributed by atoms with Crippen molar-refractivity contribution in [3.8, 4) is 17.2 Å². The molecular formula is C30H28N2O5S. The van der Waals surface area contributed by atoms with Crippen molar-refractivity contribution in [1.82, 2.24) is 0 Å². The second kappa shape index (κ2) is 11.0. The van der Waals surface area contributed by atoms with Gasteiger partial charge in [0.15, 0.2) is 6.61 Å². The number of fused-ring (bicyclic) bond motifs is 1. The maximum Gasteiger partial charge on any atom is 0.264 e. The summed E-state index contributed by atoms with van der Waals surface area (Å²) in [5.41, 5.74) is 3.00. The van der Waals surface area contributed by atoms with E-state index in [0.717, 1.165) is 29.8 Å². The van der Waals surface area contributed by atoms with Crippen LogP contribution in [0.3, 0.4) is 0 Å². The predicted molar refractivity (Wildman–Crippen MR) is 148 cm³/mol. The first-order valence-corrected chi connectivity index (χ1v) is 13.8. The number of sulfonamides is 1. The Labute approximate surface area is 222 Å². The minimum atomic E-state index is -3.72. The van der Waals surface area contributed by atoms with Gasteiger partial charge in [0.25, 0.3) is 15.9 Å². The third kappa shape index (κ3) is 5.65. The van der Waals surface area contributed by atoms with E-state index < -0.39 is 10.0 Å². The lowest BCUT2D eigenvalue weighted by atomic mass is 10.0. The van der Waals surface area contributed by atoms with Gasteiger partial charge in [-0.1, -0.05) is 36.4 Å². The molecule has 0 spiro atoms. The molecule has 1 aliphatic heterocycles. The Morgan fingerprint density at radius 1 is 0.895 bits per heavy atom. The van der Waals surface area contributed by atoms with Gasteiger partial charge in [0.05, 0.1) is 10.6 Å². The number of para-hydroxylation sites is 2. The quantitative estimate of drug-likeness (QED) is 0.306. The summed E-state index contributed by atoms with van der Waals surface area (Å²) < 4.78 is 39.8. The third-order valence-electron chi connectivity index (χ3n) is 6.28. The molecule has 4 aromatic carbocycles. The zero-order valence-electron chi connectivity index (χ0n) is 21.0. The summed E-state index contributed by atoms with van der Waals surface area (Å²) in [5.74, 6) is 1.50. The van der Waals surface area contributed by atoms with Crippen LogP contribution in [-0.4, -0.2) is 27.5 Å². The van der Waals surface area contributed by atoms with Crippen LogP contribution in [0, 0.1) is 6.92 Å². The van der Waals surface area contributed by atoms with Gasteiger partial charge in [-0.25, -0.2) is 8.42 Å². The molecule has 194 valence electrons. The number of hydrogen-bond donors (Lipinski definition) is 1. The van der Waals surface area contributed by atoms with E-state index in [0.29, 0.717) is 29.3 Å². The molecule has 8 heteroatoms. The maximum atomic E-state index is 13.4. The van der Waals surface area contributed by atoms with E-state index in [4.69, 9.17) is 9.47 Å². The molecule has 38 heavy (non-hydrogen) atoms. The van der Waals surface area contributed by atoms with Gasteiger partial charge in [-0.3, -0.25) is 9.10 Å². The number of rotatable bonds is 8. The second-order valence-corrected chi connectivity index (χ2v) is 10.9. The smallest absolute Gasteiger partial charge is 0.264 e. The van der Waals surface area contributed by atoms with Gasteiger partial charge in [-0.05, 0) is 91.6 Å². The highest BCUT2D eigenvalue weighted by Crippen LogP contribution is 2.33. The van der Waals surface area contributed by atoms with Crippen molar-refractivity contribution in [1.29, 1.82) is 0 Å². The van der Waals surface area contributed by atoms with Crippen molar-refractivity contribution >= 4 is 27.3 Å². The van der Waals surface area contributed by atoms with Crippen LogP contribution in [-0.2, 0) is 21.2 Å². The van der Waals surface area contributed by atoms with Crippen LogP contribution in [0.2, 0.25) is 0 Å². The van der Waals surface area contributed by atoms with Crippen LogP contribution in [0.15, 0.2) is 102 Å². The van der Waals surface area contributed by atoms with Crippen LogP contribution < -0.4 is 19.1 Å². The van der Waals surface area contributed by atoms with Crippen LogP contribution in [0.5, 0.6) is 17.2 Å². The number of anilines is 2. The first kappa shape index (κ1) is 25.4. The molecule has 0 aliphatic carbocycles. The molecule has 0 unspecified atom stereocenters. The van der Waals surface area contributed by atoms with E-state index >= 15 is 0 Å². The topological polar surface area (TPSA) is 84.9 Å². The third-order valence-corrected chi connectivity index (χ3v) is 8.09. The molecule has 1 amide bonds. The Bertz CT molecular complexity index is 1540. The first-order chi connectivity index (χ1) is 18.4. The Morgan fingerprint density at radius 3 is 2.37 bits per heavy atom. The molecule has 0 saturated carbocycles. The fraction of sp³-hybridized carbons (Fsp3) is 0.167. The fourth-order valence-corrected chi connectivity index (χ4v) is 6.02. The Morgan fingerprint density at radius 2 is 1.61 bits per heavy atom. The highest BCUT2D eigenvalue weighted by Gasteiger charge is 2.29. The normalized spacial score (nSPS) is 12.9. The molecular weight excluding hydrogens is 500 g/mol. The summed E-state index contributed by atoms with van der Waals surface area (Å²) in [6.07, 6.45) is 1.63. The number of hydrogen-bond acceptors (Lipinski definition) is 5. The fourth-order valence-electron chi connectivity index (χ4n) is 4.39. The lowest BCUT2D eigenvalue weighted by Crippen LogP contribution is -2.35. The SMILES string of the molecule is Cc1cc(S(=O)(=O)N2CCCc3ccccc32)ccc1OCC(=O)Nc1ccc(Oc2ccccc2)cc1. The van der Waals surface area contributed by atoms with E-state index in [1.807, 2.05) is 54.6 Å². The Kier molecular flexibility index (Phi) is 7.33. The molecule has 0 bridgehead atoms. The molecule has 5 rings (SSSR count). The lowest BCUT2D eigenvalue weighted by molar-refractivity contribution is -0.118. The van der Waals surface area contributed by atoms with E-state index in [1.54, 1.807) is 43.3 Å². The van der Waals surface area contributed by atoms with Gasteiger partial charge < -0.3 is 14.8 Å². The lowest BCUT2D eigenvalue weighted by Gasteiger charge is -2.30. The average Bonchev–Trinajstić information content (AvgIpc) is 2.93. The number of aryl methyl sites for hydroxylation is 2. The van der Waals surface area contributed by atoms with Crippen LogP contribution >= 0.6 is 0 Å². The molecule has 0 fully saturated rings. The van der Waals surface area contributed by atoms with E-state index in [9.17, 15) is 13.2 Å². The monoisotopic (exact) mass is 528 g/mol. The summed E-state index contributed by atoms with van der Waals surface area (Å²) in [5, 5.41) is 2.79. The number of amides is 1. The summed E-state index contributed by atoms with van der Waals surface area (Å²) in [7, 11) is -3.72. The highest BCUT2D eigenvalue weighted by molar-refractivity contribution is 7.92. The molecule has 0 atom stereocenters. The molecule has 4 aromatic rings. The van der Waals surface area contributed by atoms with Crippen molar-refractivity contribution in [2.45, 2.75) is 24.7 Å². The summed E-state index contributed by atoms with van der Waals surface area (Å²) in [6, 6.07) is 28.8. The van der Waals surface area contributed by atoms with E-state index in [-0.39, 0.29) is 17.4 Å². The number of benzene rings is 4. The van der Waals surface area contributed by atoms with Crippen molar-refractivity contribution in [3.05, 3.63) is 108 Å². The number of nitrogens with one attached hydrogen (secondary N) is 1. The van der Waals surface area contributed by atoms with Crippen molar-refractivity contribution in [2.24, 2.45) is 0 Å². The zero-order chi connectivity index (χ0) is 26.5. The number of ether oxygens (including phenoxy) is 2. The van der Waals surface area contributed by atoms with Gasteiger partial charge in [-0.2, -0.15) is 0 Å². The van der Waals surface area contributed by atoms with Crippen LogP contribution in [0.1, 0.15) is 17.5 Å². The van der Waals surface area contributed by atoms with E-state index in [1.165, 1.54) is 10.4 Å². The molecule has 0 aromatic heterocycles. The summed E-state index contributed by atoms with van der Waals surface area (Å²) in [4.78, 5) is 12.6. The molecule has 0 saturated heterocycles. The van der Waals surface area contributed by atoms with Gasteiger partial charge >= 0.3 is 0 Å². The summed E-state index contributed by atoms with van der Waals surface area (Å²) >= 11 is 0. The van der Waals surface area contributed by atoms with Crippen molar-refractivity contribution in [2.75, 3.05) is 22.8 Å². The molecule has 0 radical (unpaired) electrons. The van der Waals surface area contributed by atoms with Crippen LogP contribution in [0.25, 0.3) is 0 Å². The summed E-state index contributed by atoms with van der Waals surface area (Å²) in [6.45, 7) is 1.99. The van der Waals surface area contributed by atoms with Crippen molar-refractivity contribution in [3.63, 3.8) is 0 Å². The van der Waals surface area contributed by atoms with Gasteiger partial charge in [0.1, 0.15) is 17.2 Å². The molecule has 1 heterocycles. The van der Waals surface area contributed by atoms with Crippen LogP contribution in [0.4, 0.5) is 11.4 Å². The van der Waals surface area contributed by atoms with Gasteiger partial charge in [0.2, 0.25) is 0 Å². The molecule has 1 N–H and O–H groups in total. The minimum Gasteiger partial charge on any atom is -0.483 e. The maximum absolute atomic E-state index is 13.4. The number of nitrogens with zero attached hydrogens (tertiary/aromatic N) is 1. The minimum absolute atomic E-state index is 0.196. The second-order valence-electron chi connectivity index (χ2n) is 9.01. The number of carbonyl (C=O) groups is 1. The largest absolute Gasteiger partial charge is 0.483 e. The van der Waals surface area contributed by atoms with E-state index in [2.05, 4.69) is 5.32 Å². The molecule has 1 aliphatic rings. The van der Waals surface area contributed by atoms with Crippen molar-refractivity contribution < 1.29 is 22.7 Å². The molecule has 7 nitrogen and oxygen atoms in total. The Balaban J connectivity index is 1.19. The number of carbonyl (C=O) groups excluding carboxylic acids is 1. The van der Waals surface area contributed by atoms with Gasteiger partial charge in [-0.15, -0.1) is 0 Å².